The van der Waals surface area contributed by atoms with Crippen LogP contribution in [0.5, 0.6) is 0 Å². The Balaban J connectivity index is 2.27. The third kappa shape index (κ3) is 3.62. The van der Waals surface area contributed by atoms with Crippen LogP contribution in [0.1, 0.15) is 48.5 Å². The van der Waals surface area contributed by atoms with E-state index in [2.05, 4.69) is 84.9 Å². The molecular formula is C22H42N6O. The van der Waals surface area contributed by atoms with E-state index in [9.17, 15) is 5.11 Å². The maximum Gasteiger partial charge on any atom is 0.152 e. The average molecular weight is 407 g/mol. The number of nitrogens with zero attached hydrogens (tertiary/aromatic N) is 6. The van der Waals surface area contributed by atoms with E-state index in [1.54, 1.807) is 0 Å². The Kier molecular flexibility index (Phi) is 6.46. The minimum atomic E-state index is 0.178. The molecule has 7 nitrogen and oxygen atoms in total. The summed E-state index contributed by atoms with van der Waals surface area (Å²) >= 11 is 0. The molecule has 0 unspecified atom stereocenters. The lowest BCUT2D eigenvalue weighted by Gasteiger charge is -2.58. The normalized spacial score (nSPS) is 20.7. The van der Waals surface area contributed by atoms with Crippen molar-refractivity contribution in [3.63, 3.8) is 0 Å². The monoisotopic (exact) mass is 406 g/mol. The van der Waals surface area contributed by atoms with Gasteiger partial charge in [0.1, 0.15) is 0 Å². The van der Waals surface area contributed by atoms with Crippen molar-refractivity contribution < 1.29 is 5.11 Å². The number of aliphatic hydroxyl groups is 1. The van der Waals surface area contributed by atoms with E-state index in [1.807, 2.05) is 0 Å². The van der Waals surface area contributed by atoms with Crippen LogP contribution in [0.15, 0.2) is 23.3 Å². The first kappa shape index (κ1) is 21.9. The van der Waals surface area contributed by atoms with Crippen molar-refractivity contribution in [3.05, 3.63) is 23.3 Å². The fourth-order valence-corrected chi connectivity index (χ4v) is 4.92. The zero-order chi connectivity index (χ0) is 21.5. The lowest BCUT2D eigenvalue weighted by molar-refractivity contribution is 0.0167. The fourth-order valence-electron chi connectivity index (χ4n) is 4.92. The van der Waals surface area contributed by atoms with Crippen LogP contribution in [0.4, 0.5) is 0 Å². The fraction of sp³-hybridized carbons (Fsp3) is 0.818. The predicted octanol–water partition coefficient (Wildman–Crippen LogP) is 1.96. The second-order valence-electron chi connectivity index (χ2n) is 9.21. The molecule has 0 amide bonds. The van der Waals surface area contributed by atoms with Gasteiger partial charge in [-0.2, -0.15) is 0 Å². The van der Waals surface area contributed by atoms with Crippen molar-refractivity contribution in [1.29, 1.82) is 0 Å². The molecule has 0 bridgehead atoms. The molecule has 0 aromatic heterocycles. The molecule has 0 saturated heterocycles. The van der Waals surface area contributed by atoms with Crippen LogP contribution in [-0.4, -0.2) is 106 Å². The second kappa shape index (κ2) is 8.54. The molecular weight excluding hydrogens is 364 g/mol. The van der Waals surface area contributed by atoms with Crippen molar-refractivity contribution in [2.24, 2.45) is 0 Å². The average Bonchev–Trinajstić information content (AvgIpc) is 2.66. The highest BCUT2D eigenvalue weighted by atomic mass is 16.3. The van der Waals surface area contributed by atoms with Gasteiger partial charge in [0.05, 0.1) is 6.61 Å². The van der Waals surface area contributed by atoms with E-state index in [0.29, 0.717) is 24.7 Å². The number of rotatable bonds is 6. The summed E-state index contributed by atoms with van der Waals surface area (Å²) in [6, 6.07) is 1.21. The first-order chi connectivity index (χ1) is 13.7. The van der Waals surface area contributed by atoms with Gasteiger partial charge in [-0.1, -0.05) is 0 Å². The molecule has 29 heavy (non-hydrogen) atoms. The van der Waals surface area contributed by atoms with E-state index >= 15 is 0 Å². The van der Waals surface area contributed by atoms with Gasteiger partial charge in [0, 0.05) is 64.4 Å². The first-order valence-corrected chi connectivity index (χ1v) is 11.4. The van der Waals surface area contributed by atoms with E-state index in [4.69, 9.17) is 0 Å². The van der Waals surface area contributed by atoms with Gasteiger partial charge in [-0.05, 0) is 48.5 Å². The van der Waals surface area contributed by atoms with Gasteiger partial charge in [-0.25, -0.2) is 0 Å². The van der Waals surface area contributed by atoms with Gasteiger partial charge in [-0.3, -0.25) is 0 Å². The molecule has 0 saturated carbocycles. The van der Waals surface area contributed by atoms with E-state index in [-0.39, 0.29) is 6.61 Å². The summed E-state index contributed by atoms with van der Waals surface area (Å²) in [6.07, 6.45) is 0. The Morgan fingerprint density at radius 1 is 0.759 bits per heavy atom. The highest BCUT2D eigenvalue weighted by molar-refractivity contribution is 5.33. The molecule has 3 aliphatic heterocycles. The molecule has 3 aliphatic rings. The molecule has 7 heteroatoms. The van der Waals surface area contributed by atoms with Crippen LogP contribution < -0.4 is 0 Å². The minimum absolute atomic E-state index is 0.178. The van der Waals surface area contributed by atoms with Gasteiger partial charge in [0.2, 0.25) is 0 Å². The molecule has 3 heterocycles. The third-order valence-electron chi connectivity index (χ3n) is 6.31. The molecule has 0 spiro atoms. The number of β-amino-alcohol motifs (C(OH)–C–C–N with tert-alkyl or cyclic N) is 1. The topological polar surface area (TPSA) is 39.7 Å². The molecule has 1 N–H and O–H groups in total. The van der Waals surface area contributed by atoms with Gasteiger partial charge in [0.15, 0.2) is 23.3 Å². The van der Waals surface area contributed by atoms with Crippen molar-refractivity contribution in [2.75, 3.05) is 52.9 Å². The summed E-state index contributed by atoms with van der Waals surface area (Å²) in [6.45, 7) is 21.8. The van der Waals surface area contributed by atoms with Gasteiger partial charge >= 0.3 is 0 Å². The smallest absolute Gasteiger partial charge is 0.152 e. The Bertz CT molecular complexity index is 656. The Morgan fingerprint density at radius 3 is 1.79 bits per heavy atom. The molecule has 166 valence electrons. The van der Waals surface area contributed by atoms with Crippen molar-refractivity contribution in [2.45, 2.75) is 66.6 Å². The Morgan fingerprint density at radius 2 is 1.31 bits per heavy atom. The van der Waals surface area contributed by atoms with Crippen LogP contribution in [0.25, 0.3) is 0 Å². The molecule has 0 fully saturated rings. The van der Waals surface area contributed by atoms with Crippen molar-refractivity contribution in [1.82, 2.24) is 29.4 Å². The lowest BCUT2D eigenvalue weighted by Crippen LogP contribution is -2.62. The number of likely N-dealkylation sites (N-methyl/N-ethyl adjacent to an activating group) is 1. The van der Waals surface area contributed by atoms with E-state index in [0.717, 1.165) is 32.7 Å². The lowest BCUT2D eigenvalue weighted by atomic mass is 10.1. The number of aliphatic hydroxyl groups excluding tert-OH is 1. The van der Waals surface area contributed by atoms with Gasteiger partial charge < -0.3 is 34.5 Å². The first-order valence-electron chi connectivity index (χ1n) is 11.4. The second-order valence-corrected chi connectivity index (χ2v) is 9.21. The Labute approximate surface area is 177 Å². The van der Waals surface area contributed by atoms with E-state index in [1.165, 1.54) is 23.3 Å². The largest absolute Gasteiger partial charge is 0.395 e. The highest BCUT2D eigenvalue weighted by Gasteiger charge is 2.45. The Hall–Kier alpha value is -1.76. The SMILES string of the molecule is CCN1C2=C(N(C(C)C)CCN2C)N(C(C)C)C2=C1N(CCO)CCN2C(C)C. The van der Waals surface area contributed by atoms with Crippen LogP contribution in [0.3, 0.4) is 0 Å². The van der Waals surface area contributed by atoms with Crippen molar-refractivity contribution >= 4 is 0 Å². The molecule has 0 aromatic rings. The van der Waals surface area contributed by atoms with E-state index < -0.39 is 0 Å². The van der Waals surface area contributed by atoms with Gasteiger partial charge in [0.25, 0.3) is 0 Å². The van der Waals surface area contributed by atoms with Gasteiger partial charge in [-0.15, -0.1) is 0 Å². The molecule has 0 aliphatic carbocycles. The highest BCUT2D eigenvalue weighted by Crippen LogP contribution is 2.42. The summed E-state index contributed by atoms with van der Waals surface area (Å²) in [7, 11) is 2.22. The van der Waals surface area contributed by atoms with Crippen LogP contribution in [0.2, 0.25) is 0 Å². The summed E-state index contributed by atoms with van der Waals surface area (Å²) in [5.74, 6) is 5.19. The summed E-state index contributed by atoms with van der Waals surface area (Å²) in [4.78, 5) is 15.0. The number of hydrogen-bond acceptors (Lipinski definition) is 7. The summed E-state index contributed by atoms with van der Waals surface area (Å²) in [5.41, 5.74) is 0. The molecule has 3 rings (SSSR count). The summed E-state index contributed by atoms with van der Waals surface area (Å²) < 4.78 is 0. The van der Waals surface area contributed by atoms with Crippen LogP contribution in [-0.2, 0) is 0 Å². The van der Waals surface area contributed by atoms with Crippen LogP contribution >= 0.6 is 0 Å². The minimum Gasteiger partial charge on any atom is -0.395 e. The number of hydrogen-bond donors (Lipinski definition) is 1. The zero-order valence-electron chi connectivity index (χ0n) is 19.8. The standard InChI is InChI=1S/C22H42N6O/c1-9-25-19-21(26(16(2)3)12-10-23(19)8)28(18(6)7)22-20(25)24(14-15-29)11-13-27(22)17(4)5/h16-18,29H,9-15H2,1-8H3. The molecule has 0 radical (unpaired) electrons. The quantitative estimate of drug-likeness (QED) is 0.723. The third-order valence-corrected chi connectivity index (χ3v) is 6.31. The van der Waals surface area contributed by atoms with Crippen LogP contribution in [0, 0.1) is 0 Å². The van der Waals surface area contributed by atoms with Crippen molar-refractivity contribution in [3.8, 4) is 0 Å². The molecule has 0 aromatic carbocycles. The maximum absolute atomic E-state index is 9.78. The predicted molar refractivity (Wildman–Crippen MR) is 118 cm³/mol. The maximum atomic E-state index is 9.78. The molecule has 0 atom stereocenters. The summed E-state index contributed by atoms with van der Waals surface area (Å²) in [5, 5.41) is 9.78. The zero-order valence-corrected chi connectivity index (χ0v) is 19.8.